The lowest BCUT2D eigenvalue weighted by atomic mass is 9.95. The molecular weight excluding hydrogens is 410 g/mol. The van der Waals surface area contributed by atoms with Crippen LogP contribution in [-0.2, 0) is 28.3 Å². The molecule has 0 saturated carbocycles. The second-order valence-corrected chi connectivity index (χ2v) is 10.2. The Labute approximate surface area is 176 Å². The Hall–Kier alpha value is -1.61. The van der Waals surface area contributed by atoms with Crippen molar-refractivity contribution in [1.82, 2.24) is 9.97 Å². The number of carbonyl (C=O) groups is 1. The average Bonchev–Trinajstić information content (AvgIpc) is 3.02. The summed E-state index contributed by atoms with van der Waals surface area (Å²) in [6, 6.07) is 10.3. The van der Waals surface area contributed by atoms with Gasteiger partial charge in [0.05, 0.1) is 18.0 Å². The molecular formula is C20H21N3O2S3. The second kappa shape index (κ2) is 8.02. The van der Waals surface area contributed by atoms with Gasteiger partial charge in [-0.3, -0.25) is 4.79 Å². The molecule has 1 aliphatic heterocycles. The quantitative estimate of drug-likeness (QED) is 0.354. The highest BCUT2D eigenvalue weighted by Gasteiger charge is 2.31. The van der Waals surface area contributed by atoms with E-state index in [1.165, 1.54) is 27.8 Å². The van der Waals surface area contributed by atoms with Crippen molar-refractivity contribution in [3.63, 3.8) is 0 Å². The van der Waals surface area contributed by atoms with Crippen LogP contribution < -0.4 is 5.73 Å². The fourth-order valence-electron chi connectivity index (χ4n) is 3.12. The number of rotatable bonds is 6. The molecule has 0 bridgehead atoms. The molecule has 0 fully saturated rings. The van der Waals surface area contributed by atoms with E-state index >= 15 is 0 Å². The lowest BCUT2D eigenvalue weighted by Gasteiger charge is -2.30. The largest absolute Gasteiger partial charge is 0.370 e. The van der Waals surface area contributed by atoms with E-state index in [1.54, 1.807) is 23.1 Å². The molecule has 28 heavy (non-hydrogen) atoms. The maximum absolute atomic E-state index is 11.4. The van der Waals surface area contributed by atoms with Crippen LogP contribution in [0.5, 0.6) is 0 Å². The van der Waals surface area contributed by atoms with E-state index < -0.39 is 0 Å². The molecule has 1 aromatic carbocycles. The predicted octanol–water partition coefficient (Wildman–Crippen LogP) is 4.41. The van der Waals surface area contributed by atoms with E-state index in [1.807, 2.05) is 18.2 Å². The first-order valence-corrected chi connectivity index (χ1v) is 11.7. The number of thioether (sulfide) groups is 2. The van der Waals surface area contributed by atoms with Crippen LogP contribution in [0.2, 0.25) is 0 Å². The zero-order valence-electron chi connectivity index (χ0n) is 15.7. The van der Waals surface area contributed by atoms with E-state index in [9.17, 15) is 4.79 Å². The third-order valence-electron chi connectivity index (χ3n) is 4.44. The SMILES string of the molecule is CC1(C)Cc2c(sc3nc(SCc4ccccc4)nc(SCC(N)=O)c23)CO1. The summed E-state index contributed by atoms with van der Waals surface area (Å²) in [6.45, 7) is 4.79. The maximum Gasteiger partial charge on any atom is 0.227 e. The molecule has 0 saturated heterocycles. The molecule has 4 rings (SSSR count). The first kappa shape index (κ1) is 19.7. The minimum atomic E-state index is -0.344. The Balaban J connectivity index is 1.71. The Morgan fingerprint density at radius 1 is 1.25 bits per heavy atom. The molecule has 0 radical (unpaired) electrons. The number of primary amides is 1. The number of hydrogen-bond donors (Lipinski definition) is 1. The van der Waals surface area contributed by atoms with Crippen LogP contribution >= 0.6 is 34.9 Å². The molecule has 0 unspecified atom stereocenters. The van der Waals surface area contributed by atoms with Crippen molar-refractivity contribution in [2.75, 3.05) is 5.75 Å². The fraction of sp³-hybridized carbons (Fsp3) is 0.350. The molecule has 0 atom stereocenters. The second-order valence-electron chi connectivity index (χ2n) is 7.25. The Bertz CT molecular complexity index is 1020. The van der Waals surface area contributed by atoms with Crippen molar-refractivity contribution in [2.24, 2.45) is 5.73 Å². The fourth-order valence-corrected chi connectivity index (χ4v) is 6.00. The topological polar surface area (TPSA) is 78.1 Å². The van der Waals surface area contributed by atoms with Gasteiger partial charge in [0.2, 0.25) is 5.91 Å². The van der Waals surface area contributed by atoms with E-state index in [-0.39, 0.29) is 17.3 Å². The molecule has 8 heteroatoms. The molecule has 2 aromatic heterocycles. The molecule has 0 aliphatic carbocycles. The Kier molecular flexibility index (Phi) is 5.64. The summed E-state index contributed by atoms with van der Waals surface area (Å²) in [5.41, 5.74) is 7.65. The van der Waals surface area contributed by atoms with Crippen LogP contribution in [0.4, 0.5) is 0 Å². The van der Waals surface area contributed by atoms with Crippen molar-refractivity contribution < 1.29 is 9.53 Å². The maximum atomic E-state index is 11.4. The minimum absolute atomic E-state index is 0.208. The van der Waals surface area contributed by atoms with Gasteiger partial charge in [-0.05, 0) is 25.0 Å². The van der Waals surface area contributed by atoms with Gasteiger partial charge in [0.25, 0.3) is 0 Å². The third kappa shape index (κ3) is 4.35. The first-order chi connectivity index (χ1) is 13.4. The zero-order chi connectivity index (χ0) is 19.7. The number of nitrogens with zero attached hydrogens (tertiary/aromatic N) is 2. The van der Waals surface area contributed by atoms with Gasteiger partial charge < -0.3 is 10.5 Å². The summed E-state index contributed by atoms with van der Waals surface area (Å²) >= 11 is 4.67. The number of fused-ring (bicyclic) bond motifs is 3. The summed E-state index contributed by atoms with van der Waals surface area (Å²) in [5.74, 6) is 0.662. The summed E-state index contributed by atoms with van der Waals surface area (Å²) in [5, 5.41) is 2.63. The van der Waals surface area contributed by atoms with E-state index in [4.69, 9.17) is 20.4 Å². The molecule has 1 aliphatic rings. The number of nitrogens with two attached hydrogens (primary N) is 1. The molecule has 5 nitrogen and oxygen atoms in total. The number of ether oxygens (including phenoxy) is 1. The van der Waals surface area contributed by atoms with Crippen LogP contribution in [0, 0.1) is 0 Å². The summed E-state index contributed by atoms with van der Waals surface area (Å²) < 4.78 is 5.97. The van der Waals surface area contributed by atoms with E-state index in [0.29, 0.717) is 6.61 Å². The number of thiophene rings is 1. The van der Waals surface area contributed by atoms with Crippen molar-refractivity contribution in [3.05, 3.63) is 46.3 Å². The summed E-state index contributed by atoms with van der Waals surface area (Å²) in [6.07, 6.45) is 0.812. The van der Waals surface area contributed by atoms with Crippen LogP contribution in [0.15, 0.2) is 40.5 Å². The number of carbonyl (C=O) groups excluding carboxylic acids is 1. The number of amides is 1. The van der Waals surface area contributed by atoms with Gasteiger partial charge in [-0.1, -0.05) is 53.9 Å². The van der Waals surface area contributed by atoms with Gasteiger partial charge >= 0.3 is 0 Å². The standard InChI is InChI=1S/C20H21N3O2S3/c1-20(2)8-13-14(9-25-20)28-18-16(13)17(26-11-15(21)24)22-19(23-18)27-10-12-6-4-3-5-7-12/h3-7H,8-11H2,1-2H3,(H2,21,24). The molecule has 3 aromatic rings. The van der Waals surface area contributed by atoms with Gasteiger partial charge in [0.15, 0.2) is 5.16 Å². The predicted molar refractivity (Wildman–Crippen MR) is 116 cm³/mol. The van der Waals surface area contributed by atoms with Crippen LogP contribution in [0.25, 0.3) is 10.2 Å². The lowest BCUT2D eigenvalue weighted by Crippen LogP contribution is -2.31. The van der Waals surface area contributed by atoms with E-state index in [0.717, 1.165) is 32.6 Å². The molecule has 3 heterocycles. The highest BCUT2D eigenvalue weighted by atomic mass is 32.2. The van der Waals surface area contributed by atoms with Crippen molar-refractivity contribution in [3.8, 4) is 0 Å². The van der Waals surface area contributed by atoms with Gasteiger partial charge in [-0.2, -0.15) is 0 Å². The van der Waals surface area contributed by atoms with Crippen molar-refractivity contribution in [2.45, 2.75) is 48.4 Å². The molecule has 2 N–H and O–H groups in total. The van der Waals surface area contributed by atoms with Crippen molar-refractivity contribution >= 4 is 51.0 Å². The third-order valence-corrected chi connectivity index (χ3v) is 7.45. The highest BCUT2D eigenvalue weighted by Crippen LogP contribution is 2.42. The number of aromatic nitrogens is 2. The number of hydrogen-bond acceptors (Lipinski definition) is 7. The summed E-state index contributed by atoms with van der Waals surface area (Å²) in [4.78, 5) is 23.1. The normalized spacial score (nSPS) is 15.5. The smallest absolute Gasteiger partial charge is 0.227 e. The monoisotopic (exact) mass is 431 g/mol. The van der Waals surface area contributed by atoms with Crippen LogP contribution in [0.1, 0.15) is 29.9 Å². The van der Waals surface area contributed by atoms with Crippen LogP contribution in [0.3, 0.4) is 0 Å². The first-order valence-electron chi connectivity index (χ1n) is 8.95. The Morgan fingerprint density at radius 3 is 2.79 bits per heavy atom. The zero-order valence-corrected chi connectivity index (χ0v) is 18.2. The van der Waals surface area contributed by atoms with Gasteiger partial charge in [0, 0.05) is 22.4 Å². The lowest BCUT2D eigenvalue weighted by molar-refractivity contribution is -0.115. The minimum Gasteiger partial charge on any atom is -0.370 e. The molecule has 0 spiro atoms. The van der Waals surface area contributed by atoms with Gasteiger partial charge in [-0.25, -0.2) is 9.97 Å². The van der Waals surface area contributed by atoms with Gasteiger partial charge in [-0.15, -0.1) is 11.3 Å². The van der Waals surface area contributed by atoms with Crippen LogP contribution in [-0.4, -0.2) is 27.2 Å². The number of benzene rings is 1. The highest BCUT2D eigenvalue weighted by molar-refractivity contribution is 8.00. The molecule has 146 valence electrons. The Morgan fingerprint density at radius 2 is 2.04 bits per heavy atom. The van der Waals surface area contributed by atoms with Gasteiger partial charge in [0.1, 0.15) is 9.86 Å². The average molecular weight is 432 g/mol. The summed E-state index contributed by atoms with van der Waals surface area (Å²) in [7, 11) is 0. The van der Waals surface area contributed by atoms with Crippen molar-refractivity contribution in [1.29, 1.82) is 0 Å². The van der Waals surface area contributed by atoms with E-state index in [2.05, 4.69) is 26.0 Å². The molecule has 1 amide bonds.